The minimum absolute atomic E-state index is 0.539. The quantitative estimate of drug-likeness (QED) is 0.436. The number of benzene rings is 1. The molecule has 18 heavy (non-hydrogen) atoms. The SMILES string of the molecule is CC(C)CCOCCC(CBr)c1ccc(Br)cc1. The molecule has 1 nitrogen and oxygen atoms in total. The van der Waals surface area contributed by atoms with Gasteiger partial charge in [-0.2, -0.15) is 0 Å². The van der Waals surface area contributed by atoms with E-state index in [1.54, 1.807) is 0 Å². The van der Waals surface area contributed by atoms with Crippen molar-refractivity contribution in [3.63, 3.8) is 0 Å². The van der Waals surface area contributed by atoms with Gasteiger partial charge >= 0.3 is 0 Å². The van der Waals surface area contributed by atoms with E-state index in [1.807, 2.05) is 0 Å². The zero-order valence-corrected chi connectivity index (χ0v) is 14.3. The Labute approximate surface area is 128 Å². The highest BCUT2D eigenvalue weighted by atomic mass is 79.9. The van der Waals surface area contributed by atoms with Crippen molar-refractivity contribution in [1.82, 2.24) is 0 Å². The molecule has 102 valence electrons. The maximum atomic E-state index is 5.69. The van der Waals surface area contributed by atoms with Gasteiger partial charge in [-0.05, 0) is 42.4 Å². The van der Waals surface area contributed by atoms with E-state index in [-0.39, 0.29) is 0 Å². The van der Waals surface area contributed by atoms with E-state index < -0.39 is 0 Å². The molecule has 0 aromatic heterocycles. The summed E-state index contributed by atoms with van der Waals surface area (Å²) in [5.41, 5.74) is 1.38. The van der Waals surface area contributed by atoms with E-state index in [4.69, 9.17) is 4.74 Å². The van der Waals surface area contributed by atoms with E-state index >= 15 is 0 Å². The first-order valence-corrected chi connectivity index (χ1v) is 8.44. The van der Waals surface area contributed by atoms with Crippen molar-refractivity contribution in [3.8, 4) is 0 Å². The molecule has 1 aromatic carbocycles. The van der Waals surface area contributed by atoms with Gasteiger partial charge in [0.15, 0.2) is 0 Å². The summed E-state index contributed by atoms with van der Waals surface area (Å²) in [7, 11) is 0. The summed E-state index contributed by atoms with van der Waals surface area (Å²) < 4.78 is 6.82. The molecule has 0 aliphatic heterocycles. The van der Waals surface area contributed by atoms with Crippen LogP contribution in [0.2, 0.25) is 0 Å². The Hall–Kier alpha value is 0.140. The Bertz CT molecular complexity index is 322. The maximum Gasteiger partial charge on any atom is 0.0472 e. The van der Waals surface area contributed by atoms with Crippen LogP contribution >= 0.6 is 31.9 Å². The van der Waals surface area contributed by atoms with Crippen molar-refractivity contribution in [1.29, 1.82) is 0 Å². The molecule has 0 spiro atoms. The monoisotopic (exact) mass is 376 g/mol. The zero-order chi connectivity index (χ0) is 13.4. The molecule has 0 amide bonds. The van der Waals surface area contributed by atoms with Crippen molar-refractivity contribution in [2.24, 2.45) is 5.92 Å². The Balaban J connectivity index is 2.31. The van der Waals surface area contributed by atoms with E-state index in [9.17, 15) is 0 Å². The molecule has 0 fully saturated rings. The second kappa shape index (κ2) is 9.11. The number of hydrogen-bond donors (Lipinski definition) is 0. The van der Waals surface area contributed by atoms with E-state index in [0.717, 1.165) is 41.8 Å². The summed E-state index contributed by atoms with van der Waals surface area (Å²) in [6, 6.07) is 8.57. The fourth-order valence-corrected chi connectivity index (χ4v) is 2.68. The van der Waals surface area contributed by atoms with Crippen LogP contribution in [-0.2, 0) is 4.74 Å². The third-order valence-corrected chi connectivity index (χ3v) is 4.29. The molecule has 3 heteroatoms. The zero-order valence-electron chi connectivity index (χ0n) is 11.2. The van der Waals surface area contributed by atoms with Gasteiger partial charge in [-0.25, -0.2) is 0 Å². The van der Waals surface area contributed by atoms with E-state index in [2.05, 4.69) is 70.0 Å². The van der Waals surface area contributed by atoms with Gasteiger partial charge in [-0.3, -0.25) is 0 Å². The summed E-state index contributed by atoms with van der Waals surface area (Å²) in [5, 5.41) is 0.988. The predicted molar refractivity (Wildman–Crippen MR) is 85.6 cm³/mol. The molecular formula is C15H22Br2O. The highest BCUT2D eigenvalue weighted by molar-refractivity contribution is 9.10. The Kier molecular flexibility index (Phi) is 8.20. The van der Waals surface area contributed by atoms with Crippen LogP contribution in [-0.4, -0.2) is 18.5 Å². The minimum Gasteiger partial charge on any atom is -0.381 e. The lowest BCUT2D eigenvalue weighted by molar-refractivity contribution is 0.118. The molecule has 0 radical (unpaired) electrons. The van der Waals surface area contributed by atoms with Gasteiger partial charge in [-0.1, -0.05) is 57.8 Å². The van der Waals surface area contributed by atoms with Crippen LogP contribution < -0.4 is 0 Å². The van der Waals surface area contributed by atoms with Crippen molar-refractivity contribution >= 4 is 31.9 Å². The van der Waals surface area contributed by atoms with Gasteiger partial charge in [-0.15, -0.1) is 0 Å². The molecule has 1 unspecified atom stereocenters. The molecule has 0 heterocycles. The van der Waals surface area contributed by atoms with Crippen LogP contribution in [0.3, 0.4) is 0 Å². The molecule has 0 N–H and O–H groups in total. The minimum atomic E-state index is 0.539. The molecule has 0 saturated carbocycles. The Morgan fingerprint density at radius 2 is 1.67 bits per heavy atom. The Morgan fingerprint density at radius 1 is 1.06 bits per heavy atom. The van der Waals surface area contributed by atoms with Gasteiger partial charge in [0.05, 0.1) is 0 Å². The van der Waals surface area contributed by atoms with E-state index in [1.165, 1.54) is 5.56 Å². The number of rotatable bonds is 8. The van der Waals surface area contributed by atoms with Gasteiger partial charge in [0.2, 0.25) is 0 Å². The van der Waals surface area contributed by atoms with Crippen LogP contribution in [0.1, 0.15) is 38.2 Å². The second-order valence-corrected chi connectivity index (χ2v) is 6.55. The first kappa shape index (κ1) is 16.2. The first-order valence-electron chi connectivity index (χ1n) is 6.52. The van der Waals surface area contributed by atoms with Crippen LogP contribution in [0.4, 0.5) is 0 Å². The molecule has 1 rings (SSSR count). The molecule has 0 aliphatic carbocycles. The summed E-state index contributed by atoms with van der Waals surface area (Å²) in [6.07, 6.45) is 2.22. The van der Waals surface area contributed by atoms with Crippen molar-refractivity contribution in [3.05, 3.63) is 34.3 Å². The van der Waals surface area contributed by atoms with Crippen LogP contribution in [0.15, 0.2) is 28.7 Å². The van der Waals surface area contributed by atoms with Crippen LogP contribution in [0, 0.1) is 5.92 Å². The largest absolute Gasteiger partial charge is 0.381 e. The molecule has 0 bridgehead atoms. The summed E-state index contributed by atoms with van der Waals surface area (Å²) >= 11 is 7.06. The van der Waals surface area contributed by atoms with Gasteiger partial charge < -0.3 is 4.74 Å². The predicted octanol–water partition coefficient (Wildman–Crippen LogP) is 5.38. The maximum absolute atomic E-state index is 5.69. The van der Waals surface area contributed by atoms with Gasteiger partial charge in [0.1, 0.15) is 0 Å². The molecule has 0 aliphatic rings. The van der Waals surface area contributed by atoms with Crippen molar-refractivity contribution < 1.29 is 4.74 Å². The fourth-order valence-electron chi connectivity index (χ4n) is 1.71. The van der Waals surface area contributed by atoms with Crippen LogP contribution in [0.5, 0.6) is 0 Å². The number of ether oxygens (including phenoxy) is 1. The molecule has 1 aromatic rings. The number of hydrogen-bond acceptors (Lipinski definition) is 1. The Morgan fingerprint density at radius 3 is 2.22 bits per heavy atom. The van der Waals surface area contributed by atoms with E-state index in [0.29, 0.717) is 5.92 Å². The standard InChI is InChI=1S/C15H22Br2O/c1-12(2)7-9-18-10-8-14(11-16)13-3-5-15(17)6-4-13/h3-6,12,14H,7-11H2,1-2H3. The normalized spacial score (nSPS) is 12.9. The molecule has 1 atom stereocenters. The fraction of sp³-hybridized carbons (Fsp3) is 0.600. The third kappa shape index (κ3) is 6.35. The highest BCUT2D eigenvalue weighted by Crippen LogP contribution is 2.23. The lowest BCUT2D eigenvalue weighted by Gasteiger charge is -2.15. The second-order valence-electron chi connectivity index (χ2n) is 4.99. The summed E-state index contributed by atoms with van der Waals surface area (Å²) in [5.74, 6) is 1.26. The first-order chi connectivity index (χ1) is 8.63. The van der Waals surface area contributed by atoms with Crippen LogP contribution in [0.25, 0.3) is 0 Å². The topological polar surface area (TPSA) is 9.23 Å². The lowest BCUT2D eigenvalue weighted by atomic mass is 9.98. The average molecular weight is 378 g/mol. The highest BCUT2D eigenvalue weighted by Gasteiger charge is 2.09. The third-order valence-electron chi connectivity index (χ3n) is 2.98. The summed E-state index contributed by atoms with van der Waals surface area (Å²) in [4.78, 5) is 0. The number of halogens is 2. The van der Waals surface area contributed by atoms with Gasteiger partial charge in [0, 0.05) is 23.0 Å². The lowest BCUT2D eigenvalue weighted by Crippen LogP contribution is -2.07. The number of alkyl halides is 1. The van der Waals surface area contributed by atoms with Crippen molar-refractivity contribution in [2.75, 3.05) is 18.5 Å². The van der Waals surface area contributed by atoms with Gasteiger partial charge in [0.25, 0.3) is 0 Å². The molecule has 0 saturated heterocycles. The molecular weight excluding hydrogens is 356 g/mol. The smallest absolute Gasteiger partial charge is 0.0472 e. The van der Waals surface area contributed by atoms with Crippen molar-refractivity contribution in [2.45, 2.75) is 32.6 Å². The summed E-state index contributed by atoms with van der Waals surface area (Å²) in [6.45, 7) is 6.19. The average Bonchev–Trinajstić information content (AvgIpc) is 2.35.